The highest BCUT2D eigenvalue weighted by atomic mass is 16.5. The van der Waals surface area contributed by atoms with Crippen molar-refractivity contribution in [3.8, 4) is 0 Å². The van der Waals surface area contributed by atoms with Gasteiger partial charge in [-0.25, -0.2) is 0 Å². The fourth-order valence-electron chi connectivity index (χ4n) is 1.06. The molecule has 5 heteroatoms. The average molecular weight is 196 g/mol. The summed E-state index contributed by atoms with van der Waals surface area (Å²) in [6, 6.07) is 2.33. The van der Waals surface area contributed by atoms with Crippen molar-refractivity contribution >= 4 is 5.97 Å². The molecular weight excluding hydrogens is 184 g/mol. The molecule has 1 aromatic rings. The fourth-order valence-corrected chi connectivity index (χ4v) is 1.06. The van der Waals surface area contributed by atoms with Crippen molar-refractivity contribution in [2.24, 2.45) is 5.73 Å². The number of nitrogens with one attached hydrogen (secondary N) is 1. The summed E-state index contributed by atoms with van der Waals surface area (Å²) in [5.74, 6) is -0.462. The third-order valence-electron chi connectivity index (χ3n) is 1.81. The molecule has 0 aliphatic heterocycles. The number of aromatic amines is 1. The minimum absolute atomic E-state index is 0.180. The van der Waals surface area contributed by atoms with Gasteiger partial charge in [-0.3, -0.25) is 9.59 Å². The highest BCUT2D eigenvalue weighted by molar-refractivity contribution is 5.75. The second-order valence-corrected chi connectivity index (χ2v) is 2.89. The van der Waals surface area contributed by atoms with Gasteiger partial charge in [0.15, 0.2) is 0 Å². The van der Waals surface area contributed by atoms with E-state index in [0.717, 1.165) is 5.56 Å². The number of hydrogen-bond donors (Lipinski definition) is 2. The molecule has 0 spiro atoms. The van der Waals surface area contributed by atoms with Crippen molar-refractivity contribution in [3.05, 3.63) is 34.2 Å². The Morgan fingerprint density at radius 2 is 2.36 bits per heavy atom. The van der Waals surface area contributed by atoms with E-state index in [9.17, 15) is 9.59 Å². The summed E-state index contributed by atoms with van der Waals surface area (Å²) in [4.78, 5) is 24.2. The van der Waals surface area contributed by atoms with Crippen LogP contribution in [0, 0.1) is 0 Å². The van der Waals surface area contributed by atoms with Gasteiger partial charge in [0, 0.05) is 12.3 Å². The number of esters is 1. The van der Waals surface area contributed by atoms with Crippen LogP contribution in [0.4, 0.5) is 0 Å². The Hall–Kier alpha value is -1.62. The number of hydrogen-bond acceptors (Lipinski definition) is 4. The molecule has 0 radical (unpaired) electrons. The zero-order valence-electron chi connectivity index (χ0n) is 7.82. The molecule has 5 nitrogen and oxygen atoms in total. The first-order valence-electron chi connectivity index (χ1n) is 4.14. The molecule has 1 rings (SSSR count). The molecule has 0 aliphatic rings. The number of carbonyl (C=O) groups excluding carboxylic acids is 1. The van der Waals surface area contributed by atoms with Crippen molar-refractivity contribution in [2.45, 2.75) is 12.5 Å². The van der Waals surface area contributed by atoms with Crippen LogP contribution in [-0.2, 0) is 16.0 Å². The molecule has 1 unspecified atom stereocenters. The molecule has 1 heterocycles. The highest BCUT2D eigenvalue weighted by Crippen LogP contribution is 1.99. The van der Waals surface area contributed by atoms with Crippen LogP contribution in [0.25, 0.3) is 0 Å². The Kier molecular flexibility index (Phi) is 3.41. The average Bonchev–Trinajstić information content (AvgIpc) is 2.20. The van der Waals surface area contributed by atoms with E-state index in [1.54, 1.807) is 6.07 Å². The minimum Gasteiger partial charge on any atom is -0.468 e. The van der Waals surface area contributed by atoms with E-state index in [4.69, 9.17) is 5.73 Å². The van der Waals surface area contributed by atoms with Crippen molar-refractivity contribution in [3.63, 3.8) is 0 Å². The van der Waals surface area contributed by atoms with E-state index in [2.05, 4.69) is 9.72 Å². The lowest BCUT2D eigenvalue weighted by atomic mass is 10.1. The highest BCUT2D eigenvalue weighted by Gasteiger charge is 2.13. The van der Waals surface area contributed by atoms with Crippen LogP contribution >= 0.6 is 0 Å². The Morgan fingerprint density at radius 1 is 1.64 bits per heavy atom. The van der Waals surface area contributed by atoms with Gasteiger partial charge >= 0.3 is 5.97 Å². The van der Waals surface area contributed by atoms with Crippen LogP contribution < -0.4 is 11.3 Å². The van der Waals surface area contributed by atoms with Gasteiger partial charge in [-0.05, 0) is 12.0 Å². The predicted octanol–water partition coefficient (Wildman–Crippen LogP) is -0.582. The SMILES string of the molecule is COC(=O)C(N)Cc1ccc(=O)[nH]c1. The number of methoxy groups -OCH3 is 1. The Balaban J connectivity index is 2.65. The van der Waals surface area contributed by atoms with E-state index in [-0.39, 0.29) is 5.56 Å². The molecule has 0 aromatic carbocycles. The van der Waals surface area contributed by atoms with Crippen LogP contribution in [0.2, 0.25) is 0 Å². The van der Waals surface area contributed by atoms with Crippen LogP contribution in [0.1, 0.15) is 5.56 Å². The maximum atomic E-state index is 11.0. The maximum absolute atomic E-state index is 11.0. The summed E-state index contributed by atoms with van der Waals surface area (Å²) >= 11 is 0. The minimum atomic E-state index is -0.689. The van der Waals surface area contributed by atoms with Gasteiger partial charge in [0.1, 0.15) is 6.04 Å². The van der Waals surface area contributed by atoms with Crippen molar-refractivity contribution in [2.75, 3.05) is 7.11 Å². The number of aromatic nitrogens is 1. The molecule has 0 aliphatic carbocycles. The number of ether oxygens (including phenoxy) is 1. The summed E-state index contributed by atoms with van der Waals surface area (Å²) in [6.07, 6.45) is 1.88. The molecule has 1 atom stereocenters. The van der Waals surface area contributed by atoms with Gasteiger partial charge in [-0.1, -0.05) is 6.07 Å². The Morgan fingerprint density at radius 3 is 2.86 bits per heavy atom. The lowest BCUT2D eigenvalue weighted by Crippen LogP contribution is -2.33. The van der Waals surface area contributed by atoms with Crippen LogP contribution in [0.3, 0.4) is 0 Å². The second-order valence-electron chi connectivity index (χ2n) is 2.89. The zero-order valence-corrected chi connectivity index (χ0v) is 7.82. The van der Waals surface area contributed by atoms with E-state index < -0.39 is 12.0 Å². The fraction of sp³-hybridized carbons (Fsp3) is 0.333. The van der Waals surface area contributed by atoms with Gasteiger partial charge in [0.2, 0.25) is 5.56 Å². The number of carbonyl (C=O) groups is 1. The van der Waals surface area contributed by atoms with Gasteiger partial charge in [-0.2, -0.15) is 0 Å². The standard InChI is InChI=1S/C9H12N2O3/c1-14-9(13)7(10)4-6-2-3-8(12)11-5-6/h2-3,5,7H,4,10H2,1H3,(H,11,12). The predicted molar refractivity (Wildman–Crippen MR) is 50.8 cm³/mol. The van der Waals surface area contributed by atoms with E-state index in [1.165, 1.54) is 19.4 Å². The van der Waals surface area contributed by atoms with Crippen LogP contribution in [-0.4, -0.2) is 24.1 Å². The number of nitrogens with two attached hydrogens (primary N) is 1. The summed E-state index contributed by atoms with van der Waals surface area (Å²) < 4.78 is 4.47. The van der Waals surface area contributed by atoms with E-state index in [1.807, 2.05) is 0 Å². The van der Waals surface area contributed by atoms with Gasteiger partial charge < -0.3 is 15.5 Å². The van der Waals surface area contributed by atoms with Crippen molar-refractivity contribution < 1.29 is 9.53 Å². The summed E-state index contributed by atoms with van der Waals surface area (Å²) in [6.45, 7) is 0. The quantitative estimate of drug-likeness (QED) is 0.633. The molecular formula is C9H12N2O3. The molecule has 0 saturated heterocycles. The Labute approximate surface area is 80.9 Å². The summed E-state index contributed by atoms with van der Waals surface area (Å²) in [5.41, 5.74) is 6.15. The molecule has 0 fully saturated rings. The van der Waals surface area contributed by atoms with Crippen molar-refractivity contribution in [1.82, 2.24) is 4.98 Å². The lowest BCUT2D eigenvalue weighted by Gasteiger charge is -2.08. The maximum Gasteiger partial charge on any atom is 0.322 e. The first-order valence-corrected chi connectivity index (χ1v) is 4.14. The molecule has 76 valence electrons. The monoisotopic (exact) mass is 196 g/mol. The summed E-state index contributed by atoms with van der Waals surface area (Å²) in [7, 11) is 1.29. The number of H-pyrrole nitrogens is 1. The topological polar surface area (TPSA) is 85.2 Å². The number of pyridine rings is 1. The third-order valence-corrected chi connectivity index (χ3v) is 1.81. The molecule has 1 aromatic heterocycles. The van der Waals surface area contributed by atoms with Crippen molar-refractivity contribution in [1.29, 1.82) is 0 Å². The Bertz CT molecular complexity index is 352. The van der Waals surface area contributed by atoms with E-state index in [0.29, 0.717) is 6.42 Å². The normalized spacial score (nSPS) is 12.1. The zero-order chi connectivity index (χ0) is 10.6. The van der Waals surface area contributed by atoms with E-state index >= 15 is 0 Å². The van der Waals surface area contributed by atoms with Gasteiger partial charge in [0.25, 0.3) is 0 Å². The molecule has 14 heavy (non-hydrogen) atoms. The van der Waals surface area contributed by atoms with Gasteiger partial charge in [-0.15, -0.1) is 0 Å². The smallest absolute Gasteiger partial charge is 0.322 e. The third kappa shape index (κ3) is 2.70. The molecule has 0 bridgehead atoms. The largest absolute Gasteiger partial charge is 0.468 e. The van der Waals surface area contributed by atoms with Crippen LogP contribution in [0.15, 0.2) is 23.1 Å². The lowest BCUT2D eigenvalue weighted by molar-refractivity contribution is -0.142. The number of rotatable bonds is 3. The first-order chi connectivity index (χ1) is 6.63. The first kappa shape index (κ1) is 10.5. The summed E-state index contributed by atoms with van der Waals surface area (Å²) in [5, 5.41) is 0. The second kappa shape index (κ2) is 4.57. The van der Waals surface area contributed by atoms with Crippen LogP contribution in [0.5, 0.6) is 0 Å². The molecule has 0 saturated carbocycles. The molecule has 0 amide bonds. The van der Waals surface area contributed by atoms with Gasteiger partial charge in [0.05, 0.1) is 7.11 Å². The molecule has 3 N–H and O–H groups in total.